The van der Waals surface area contributed by atoms with Crippen molar-refractivity contribution in [1.82, 2.24) is 4.31 Å². The Hall–Kier alpha value is -3.37. The molecule has 1 aromatic heterocycles. The second-order valence-electron chi connectivity index (χ2n) is 11.5. The van der Waals surface area contributed by atoms with Crippen LogP contribution in [-0.2, 0) is 37.2 Å². The zero-order valence-corrected chi connectivity index (χ0v) is 28.5. The second kappa shape index (κ2) is 13.9. The van der Waals surface area contributed by atoms with Gasteiger partial charge in [0.15, 0.2) is 29.3 Å². The predicted molar refractivity (Wildman–Crippen MR) is 173 cm³/mol. The first-order valence-electron chi connectivity index (χ1n) is 14.8. The molecule has 2 aliphatic heterocycles. The zero-order chi connectivity index (χ0) is 34.3. The minimum absolute atomic E-state index is 0.00332. The van der Waals surface area contributed by atoms with Gasteiger partial charge in [0.1, 0.15) is 16.1 Å². The van der Waals surface area contributed by atoms with Crippen LogP contribution in [0.4, 0.5) is 14.5 Å². The van der Waals surface area contributed by atoms with Crippen LogP contribution in [0, 0.1) is 11.1 Å². The Morgan fingerprint density at radius 3 is 2.54 bits per heavy atom. The molecule has 256 valence electrons. The summed E-state index contributed by atoms with van der Waals surface area (Å²) in [6.45, 7) is -2.83. The molecule has 17 heteroatoms. The molecule has 0 bridgehead atoms. The fourth-order valence-electron chi connectivity index (χ4n) is 5.49. The summed E-state index contributed by atoms with van der Waals surface area (Å²) in [6, 6.07) is 8.48. The molecule has 1 saturated carbocycles. The Morgan fingerprint density at radius 1 is 1.12 bits per heavy atom. The normalized spacial score (nSPS) is 18.7. The van der Waals surface area contributed by atoms with E-state index in [2.05, 4.69) is 4.74 Å². The second-order valence-corrected chi connectivity index (χ2v) is 15.4. The van der Waals surface area contributed by atoms with Crippen LogP contribution >= 0.6 is 35.0 Å². The summed E-state index contributed by atoms with van der Waals surface area (Å²) in [5, 5.41) is 10.6. The molecule has 1 aliphatic carbocycles. The van der Waals surface area contributed by atoms with E-state index < -0.39 is 34.1 Å². The van der Waals surface area contributed by atoms with Gasteiger partial charge in [-0.1, -0.05) is 29.3 Å². The van der Waals surface area contributed by atoms with Crippen LogP contribution in [0.15, 0.2) is 53.7 Å². The van der Waals surface area contributed by atoms with Crippen LogP contribution in [0.5, 0.6) is 11.5 Å². The first-order chi connectivity index (χ1) is 22.8. The molecular weight excluding hydrogens is 715 g/mol. The van der Waals surface area contributed by atoms with Gasteiger partial charge in [-0.3, -0.25) is 4.79 Å². The summed E-state index contributed by atoms with van der Waals surface area (Å²) >= 11 is 13.8. The third-order valence-electron chi connectivity index (χ3n) is 8.22. The number of carbonyl (C=O) groups is 2. The summed E-state index contributed by atoms with van der Waals surface area (Å²) in [7, 11) is -2.60. The molecule has 3 aromatic rings. The minimum atomic E-state index is -4.21. The smallest absolute Gasteiger partial charge is 0.387 e. The number of hydrogen-bond acceptors (Lipinski definition) is 9. The van der Waals surface area contributed by atoms with E-state index in [-0.39, 0.29) is 69.8 Å². The van der Waals surface area contributed by atoms with Gasteiger partial charge in [-0.2, -0.15) is 17.8 Å². The Labute approximate surface area is 289 Å². The molecule has 0 N–H and O–H groups in total. The highest BCUT2D eigenvalue weighted by Gasteiger charge is 2.43. The molecule has 0 radical (unpaired) electrons. The van der Waals surface area contributed by atoms with Gasteiger partial charge in [0.05, 0.1) is 17.9 Å². The van der Waals surface area contributed by atoms with Crippen molar-refractivity contribution in [1.29, 1.82) is 0 Å². The Bertz CT molecular complexity index is 1840. The maximum atomic E-state index is 13.8. The van der Waals surface area contributed by atoms with Crippen molar-refractivity contribution in [3.63, 3.8) is 0 Å². The number of thioether (sulfide) groups is 1. The van der Waals surface area contributed by atoms with Gasteiger partial charge in [0.2, 0.25) is 15.9 Å². The van der Waals surface area contributed by atoms with E-state index >= 15 is 0 Å². The molecular formula is C31H29Cl2F2N3O8S2. The number of likely N-dealkylation sites (N-methyl/N-ethyl adjacent to an activating group) is 1. The Balaban J connectivity index is 1.31. The number of halogens is 4. The van der Waals surface area contributed by atoms with E-state index in [0.717, 1.165) is 41.3 Å². The standard InChI is InChI=1S/C31H29Cl2F2N3O8S2/c1-36-24-6-5-20(10-19(24)12-28(36)39)48(42,43)38-8-9-47-29(38)30(40)45-26(13-21-22(32)14-37(41)15-23(21)33)18-4-7-25(46-31(34)35)27(11-18)44-16-17-2-3-17/h4-7,10-11,14-15,17,26,29,31H,2-3,8-9,12-13,16H2,1H3. The molecule has 2 unspecified atom stereocenters. The minimum Gasteiger partial charge on any atom is -0.619 e. The molecule has 6 rings (SSSR count). The molecule has 3 heterocycles. The summed E-state index contributed by atoms with van der Waals surface area (Å²) in [6.07, 6.45) is 2.76. The van der Waals surface area contributed by atoms with Gasteiger partial charge in [-0.25, -0.2) is 13.2 Å². The Morgan fingerprint density at radius 2 is 1.85 bits per heavy atom. The molecule has 2 fully saturated rings. The largest absolute Gasteiger partial charge is 0.619 e. The molecule has 1 amide bonds. The number of aromatic nitrogens is 1. The highest BCUT2D eigenvalue weighted by atomic mass is 35.5. The number of carbonyl (C=O) groups excluding carboxylic acids is 2. The van der Waals surface area contributed by atoms with Crippen molar-refractivity contribution in [2.24, 2.45) is 5.92 Å². The lowest BCUT2D eigenvalue weighted by Gasteiger charge is -2.26. The molecule has 11 nitrogen and oxygen atoms in total. The van der Waals surface area contributed by atoms with Gasteiger partial charge in [-0.05, 0) is 60.2 Å². The molecule has 0 spiro atoms. The number of amides is 1. The SMILES string of the molecule is CN1C(=O)Cc2cc(S(=O)(=O)N3CCSC3C(=O)OC(Cc3c(Cl)c[n+]([O-])cc3Cl)c3ccc(OC(F)F)c(OCC4CC4)c3)ccc21. The third kappa shape index (κ3) is 7.30. The zero-order valence-electron chi connectivity index (χ0n) is 25.3. The maximum absolute atomic E-state index is 13.8. The van der Waals surface area contributed by atoms with E-state index in [0.29, 0.717) is 27.3 Å². The number of fused-ring (bicyclic) bond motifs is 1. The molecule has 1 saturated heterocycles. The number of alkyl halides is 2. The molecule has 2 aromatic carbocycles. The fraction of sp³-hybridized carbons (Fsp3) is 0.387. The number of sulfonamides is 1. The topological polar surface area (TPSA) is 129 Å². The van der Waals surface area contributed by atoms with Gasteiger partial charge in [0.25, 0.3) is 0 Å². The quantitative estimate of drug-likeness (QED) is 0.141. The number of esters is 1. The van der Waals surface area contributed by atoms with Crippen molar-refractivity contribution in [2.75, 3.05) is 30.9 Å². The fourth-order valence-corrected chi connectivity index (χ4v) is 9.19. The lowest BCUT2D eigenvalue weighted by Crippen LogP contribution is -2.40. The van der Waals surface area contributed by atoms with Gasteiger partial charge in [-0.15, -0.1) is 11.8 Å². The van der Waals surface area contributed by atoms with Crippen LogP contribution < -0.4 is 19.1 Å². The highest BCUT2D eigenvalue weighted by Crippen LogP contribution is 2.40. The van der Waals surface area contributed by atoms with E-state index in [4.69, 9.17) is 32.7 Å². The van der Waals surface area contributed by atoms with Gasteiger partial charge < -0.3 is 24.3 Å². The number of hydrogen-bond donors (Lipinski definition) is 0. The van der Waals surface area contributed by atoms with Crippen molar-refractivity contribution in [2.45, 2.75) is 48.7 Å². The van der Waals surface area contributed by atoms with Gasteiger partial charge >= 0.3 is 12.6 Å². The number of ether oxygens (including phenoxy) is 3. The third-order valence-corrected chi connectivity index (χ3v) is 12.0. The van der Waals surface area contributed by atoms with Crippen LogP contribution in [0.3, 0.4) is 0 Å². The molecule has 3 aliphatic rings. The summed E-state index contributed by atoms with van der Waals surface area (Å²) in [4.78, 5) is 27.4. The lowest BCUT2D eigenvalue weighted by atomic mass is 10.0. The van der Waals surface area contributed by atoms with Gasteiger partial charge in [0, 0.05) is 37.0 Å². The van der Waals surface area contributed by atoms with E-state index in [1.54, 1.807) is 13.1 Å². The van der Waals surface area contributed by atoms with Crippen molar-refractivity contribution >= 4 is 62.6 Å². The highest BCUT2D eigenvalue weighted by molar-refractivity contribution is 8.02. The molecule has 48 heavy (non-hydrogen) atoms. The predicted octanol–water partition coefficient (Wildman–Crippen LogP) is 5.13. The average Bonchev–Trinajstić information content (AvgIpc) is 3.63. The number of benzene rings is 2. The number of rotatable bonds is 12. The van der Waals surface area contributed by atoms with E-state index in [1.165, 1.54) is 35.2 Å². The van der Waals surface area contributed by atoms with Crippen LogP contribution in [0.2, 0.25) is 10.0 Å². The summed E-state index contributed by atoms with van der Waals surface area (Å²) < 4.78 is 72.0. The summed E-state index contributed by atoms with van der Waals surface area (Å²) in [5.74, 6) is -0.687. The molecule has 2 atom stereocenters. The number of pyridine rings is 1. The monoisotopic (exact) mass is 743 g/mol. The van der Waals surface area contributed by atoms with Crippen LogP contribution in [0.1, 0.15) is 35.6 Å². The van der Waals surface area contributed by atoms with Crippen LogP contribution in [0.25, 0.3) is 0 Å². The lowest BCUT2D eigenvalue weighted by molar-refractivity contribution is -0.605. The first kappa shape index (κ1) is 34.5. The Kier molecular flexibility index (Phi) is 9.96. The summed E-state index contributed by atoms with van der Waals surface area (Å²) in [5.41, 5.74) is 1.73. The van der Waals surface area contributed by atoms with Crippen LogP contribution in [-0.4, -0.2) is 62.5 Å². The average molecular weight is 745 g/mol. The number of nitrogens with zero attached hydrogens (tertiary/aromatic N) is 3. The first-order valence-corrected chi connectivity index (χ1v) is 18.1. The van der Waals surface area contributed by atoms with Crippen molar-refractivity contribution < 1.29 is 45.7 Å². The number of anilines is 1. The maximum Gasteiger partial charge on any atom is 0.387 e. The van der Waals surface area contributed by atoms with E-state index in [1.807, 2.05) is 0 Å². The van der Waals surface area contributed by atoms with E-state index in [9.17, 15) is 32.0 Å². The van der Waals surface area contributed by atoms with Crippen molar-refractivity contribution in [3.8, 4) is 11.5 Å². The van der Waals surface area contributed by atoms with Crippen molar-refractivity contribution in [3.05, 3.63) is 80.7 Å².